The van der Waals surface area contributed by atoms with Crippen LogP contribution in [0.5, 0.6) is 0 Å². The van der Waals surface area contributed by atoms with Gasteiger partial charge < -0.3 is 0 Å². The van der Waals surface area contributed by atoms with Crippen molar-refractivity contribution in [1.29, 1.82) is 0 Å². The van der Waals surface area contributed by atoms with E-state index in [9.17, 15) is 56.7 Å². The fourth-order valence-corrected chi connectivity index (χ4v) is 1.42. The van der Waals surface area contributed by atoms with E-state index in [1.165, 1.54) is 0 Å². The predicted octanol–water partition coefficient (Wildman–Crippen LogP) is 3.34. The molecule has 0 saturated heterocycles. The van der Waals surface area contributed by atoms with Crippen LogP contribution in [0.25, 0.3) is 0 Å². The lowest BCUT2D eigenvalue weighted by molar-refractivity contribution is -0.408. The standard InChI is InChI=1S/C8H7F11O4S/c1-3(9)5(12,13)7(16,17)8(18,19)6(14,15)4(10,11)2-23-24(20,21)22/h3H,2H2,1H3,(H,20,21,22). The Kier molecular flexibility index (Phi) is 5.89. The van der Waals surface area contributed by atoms with E-state index in [1.807, 2.05) is 0 Å². The van der Waals surface area contributed by atoms with Crippen molar-refractivity contribution in [3.63, 3.8) is 0 Å². The summed E-state index contributed by atoms with van der Waals surface area (Å²) < 4.78 is 172. The minimum atomic E-state index is -7.55. The first kappa shape index (κ1) is 23.1. The minimum Gasteiger partial charge on any atom is -0.264 e. The van der Waals surface area contributed by atoms with E-state index >= 15 is 0 Å². The van der Waals surface area contributed by atoms with Gasteiger partial charge in [0.15, 0.2) is 6.17 Å². The molecule has 0 bridgehead atoms. The molecule has 146 valence electrons. The zero-order valence-electron chi connectivity index (χ0n) is 11.0. The van der Waals surface area contributed by atoms with Crippen LogP contribution in [0, 0.1) is 0 Å². The Morgan fingerprint density at radius 3 is 1.54 bits per heavy atom. The summed E-state index contributed by atoms with van der Waals surface area (Å²) in [6.07, 6.45) is -4.14. The number of rotatable bonds is 8. The topological polar surface area (TPSA) is 63.6 Å². The van der Waals surface area contributed by atoms with Gasteiger partial charge in [-0.25, -0.2) is 8.57 Å². The van der Waals surface area contributed by atoms with Crippen LogP contribution >= 0.6 is 0 Å². The molecule has 0 aliphatic heterocycles. The first-order chi connectivity index (χ1) is 10.2. The molecule has 4 nitrogen and oxygen atoms in total. The summed E-state index contributed by atoms with van der Waals surface area (Å²) >= 11 is 0. The first-order valence-corrected chi connectivity index (χ1v) is 6.66. The quantitative estimate of drug-likeness (QED) is 0.495. The van der Waals surface area contributed by atoms with E-state index < -0.39 is 59.7 Å². The van der Waals surface area contributed by atoms with Gasteiger partial charge in [-0.05, 0) is 6.92 Å². The van der Waals surface area contributed by atoms with E-state index in [0.717, 1.165) is 0 Å². The van der Waals surface area contributed by atoms with Crippen LogP contribution in [0.3, 0.4) is 0 Å². The monoisotopic (exact) mass is 408 g/mol. The van der Waals surface area contributed by atoms with Crippen LogP contribution in [0.4, 0.5) is 48.3 Å². The molecule has 1 atom stereocenters. The highest BCUT2D eigenvalue weighted by atomic mass is 32.3. The summed E-state index contributed by atoms with van der Waals surface area (Å²) in [5, 5.41) is 0. The Hall–Kier alpha value is -0.900. The molecule has 0 aliphatic rings. The first-order valence-electron chi connectivity index (χ1n) is 5.30. The van der Waals surface area contributed by atoms with Crippen molar-refractivity contribution in [2.24, 2.45) is 0 Å². The van der Waals surface area contributed by atoms with E-state index in [-0.39, 0.29) is 0 Å². The van der Waals surface area contributed by atoms with Crippen LogP contribution in [-0.4, -0.2) is 55.4 Å². The van der Waals surface area contributed by atoms with Crippen LogP contribution in [0.15, 0.2) is 0 Å². The predicted molar refractivity (Wildman–Crippen MR) is 52.8 cm³/mol. The van der Waals surface area contributed by atoms with Gasteiger partial charge in [-0.15, -0.1) is 0 Å². The van der Waals surface area contributed by atoms with Crippen LogP contribution in [-0.2, 0) is 14.6 Å². The lowest BCUT2D eigenvalue weighted by atomic mass is 9.93. The Labute approximate surface area is 126 Å². The van der Waals surface area contributed by atoms with Crippen LogP contribution < -0.4 is 0 Å². The van der Waals surface area contributed by atoms with E-state index in [1.54, 1.807) is 0 Å². The molecule has 0 spiro atoms. The van der Waals surface area contributed by atoms with Gasteiger partial charge in [-0.2, -0.15) is 52.3 Å². The van der Waals surface area contributed by atoms with E-state index in [0.29, 0.717) is 0 Å². The average Bonchev–Trinajstić information content (AvgIpc) is 2.34. The second-order valence-corrected chi connectivity index (χ2v) is 5.45. The summed E-state index contributed by atoms with van der Waals surface area (Å²) in [6.45, 7) is -3.71. The molecular weight excluding hydrogens is 401 g/mol. The third-order valence-corrected chi connectivity index (χ3v) is 2.97. The molecule has 1 unspecified atom stereocenters. The summed E-state index contributed by atoms with van der Waals surface area (Å²) in [7, 11) is -5.89. The zero-order chi connectivity index (χ0) is 20.0. The lowest BCUT2D eigenvalue weighted by Crippen LogP contribution is -2.69. The van der Waals surface area contributed by atoms with Crippen LogP contribution in [0.2, 0.25) is 0 Å². The second kappa shape index (κ2) is 6.12. The van der Waals surface area contributed by atoms with Gasteiger partial charge in [-0.1, -0.05) is 0 Å². The van der Waals surface area contributed by atoms with Gasteiger partial charge in [0.25, 0.3) is 0 Å². The maximum Gasteiger partial charge on any atom is 0.397 e. The zero-order valence-corrected chi connectivity index (χ0v) is 11.8. The van der Waals surface area contributed by atoms with Crippen LogP contribution in [0.1, 0.15) is 6.92 Å². The van der Waals surface area contributed by atoms with Crippen molar-refractivity contribution >= 4 is 10.4 Å². The van der Waals surface area contributed by atoms with Gasteiger partial charge in [-0.3, -0.25) is 4.55 Å². The molecule has 0 aliphatic carbocycles. The third-order valence-electron chi connectivity index (χ3n) is 2.56. The Bertz CT molecular complexity index is 556. The van der Waals surface area contributed by atoms with Crippen molar-refractivity contribution in [2.75, 3.05) is 6.61 Å². The van der Waals surface area contributed by atoms with Gasteiger partial charge in [0, 0.05) is 0 Å². The molecule has 16 heteroatoms. The molecule has 0 aromatic carbocycles. The van der Waals surface area contributed by atoms with E-state index in [4.69, 9.17) is 4.55 Å². The average molecular weight is 408 g/mol. The fourth-order valence-electron chi connectivity index (χ4n) is 1.13. The van der Waals surface area contributed by atoms with Crippen molar-refractivity contribution in [1.82, 2.24) is 0 Å². The number of alkyl halides is 11. The Balaban J connectivity index is 5.98. The van der Waals surface area contributed by atoms with Crippen molar-refractivity contribution in [3.8, 4) is 0 Å². The lowest BCUT2D eigenvalue weighted by Gasteiger charge is -2.39. The number of hydrogen-bond donors (Lipinski definition) is 1. The Morgan fingerprint density at radius 1 is 0.875 bits per heavy atom. The summed E-state index contributed by atoms with van der Waals surface area (Å²) in [4.78, 5) is 0. The van der Waals surface area contributed by atoms with Crippen molar-refractivity contribution < 1.29 is 65.4 Å². The largest absolute Gasteiger partial charge is 0.397 e. The van der Waals surface area contributed by atoms with E-state index in [2.05, 4.69) is 4.18 Å². The van der Waals surface area contributed by atoms with Crippen molar-refractivity contribution in [2.45, 2.75) is 42.7 Å². The fraction of sp³-hybridized carbons (Fsp3) is 1.00. The molecule has 0 aromatic rings. The molecule has 0 heterocycles. The highest BCUT2D eigenvalue weighted by Crippen LogP contribution is 2.57. The van der Waals surface area contributed by atoms with Gasteiger partial charge in [0.2, 0.25) is 0 Å². The molecule has 0 fully saturated rings. The number of halogens is 11. The molecule has 0 aromatic heterocycles. The van der Waals surface area contributed by atoms with Crippen molar-refractivity contribution in [3.05, 3.63) is 0 Å². The second-order valence-electron chi connectivity index (χ2n) is 4.36. The van der Waals surface area contributed by atoms with Gasteiger partial charge in [0.1, 0.15) is 6.61 Å². The minimum absolute atomic E-state index is 0.415. The molecule has 0 amide bonds. The molecule has 0 saturated carbocycles. The summed E-state index contributed by atoms with van der Waals surface area (Å²) in [5.74, 6) is -35.1. The summed E-state index contributed by atoms with van der Waals surface area (Å²) in [5.41, 5.74) is 0. The SMILES string of the molecule is CC(F)C(F)(F)C(F)(F)C(F)(F)C(F)(F)C(F)(F)COS(=O)(=O)O. The highest BCUT2D eigenvalue weighted by Gasteiger charge is 2.87. The molecule has 0 radical (unpaired) electrons. The Morgan fingerprint density at radius 2 is 1.25 bits per heavy atom. The van der Waals surface area contributed by atoms with Gasteiger partial charge >= 0.3 is 40.0 Å². The highest BCUT2D eigenvalue weighted by molar-refractivity contribution is 7.80. The molecular formula is C8H7F11O4S. The summed E-state index contributed by atoms with van der Waals surface area (Å²) in [6, 6.07) is 0. The smallest absolute Gasteiger partial charge is 0.264 e. The molecule has 0 rings (SSSR count). The van der Waals surface area contributed by atoms with Gasteiger partial charge in [0.05, 0.1) is 0 Å². The normalized spacial score (nSPS) is 17.0. The molecule has 24 heavy (non-hydrogen) atoms. The molecule has 1 N–H and O–H groups in total. The third kappa shape index (κ3) is 3.68. The number of hydrogen-bond acceptors (Lipinski definition) is 3. The maximum absolute atomic E-state index is 13.1. The maximum atomic E-state index is 13.1.